The number of rotatable bonds is 10. The molecule has 2 rings (SSSR count). The van der Waals surface area contributed by atoms with E-state index in [1.165, 1.54) is 4.88 Å². The first-order valence-electron chi connectivity index (χ1n) is 8.41. The monoisotopic (exact) mass is 346 g/mol. The lowest BCUT2D eigenvalue weighted by atomic mass is 10.1. The molecule has 0 fully saturated rings. The lowest BCUT2D eigenvalue weighted by molar-refractivity contribution is 0.0696. The Kier molecular flexibility index (Phi) is 7.43. The number of carbonyl (C=O) groups is 1. The van der Waals surface area contributed by atoms with Gasteiger partial charge in [-0.15, -0.1) is 11.3 Å². The molecular formula is C19H26N2O2S. The van der Waals surface area contributed by atoms with Crippen molar-refractivity contribution in [1.29, 1.82) is 0 Å². The Morgan fingerprint density at radius 1 is 1.04 bits per heavy atom. The van der Waals surface area contributed by atoms with Gasteiger partial charge in [-0.3, -0.25) is 4.90 Å². The SMILES string of the molecule is CCN(CC)CCN(Cc1cccc(C(=O)O)c1)Cc1cccs1. The van der Waals surface area contributed by atoms with Gasteiger partial charge in [-0.25, -0.2) is 4.79 Å². The first-order valence-corrected chi connectivity index (χ1v) is 9.29. The molecule has 0 aliphatic carbocycles. The van der Waals surface area contributed by atoms with Crippen molar-refractivity contribution in [1.82, 2.24) is 9.80 Å². The molecule has 1 aromatic heterocycles. The van der Waals surface area contributed by atoms with Crippen molar-refractivity contribution in [3.05, 3.63) is 57.8 Å². The summed E-state index contributed by atoms with van der Waals surface area (Å²) in [6.45, 7) is 10.1. The minimum absolute atomic E-state index is 0.354. The molecular weight excluding hydrogens is 320 g/mol. The molecule has 0 spiro atoms. The minimum atomic E-state index is -0.871. The third-order valence-electron chi connectivity index (χ3n) is 4.17. The highest BCUT2D eigenvalue weighted by molar-refractivity contribution is 7.09. The zero-order valence-corrected chi connectivity index (χ0v) is 15.3. The fourth-order valence-electron chi connectivity index (χ4n) is 2.72. The third kappa shape index (κ3) is 5.74. The van der Waals surface area contributed by atoms with Crippen molar-refractivity contribution in [3.63, 3.8) is 0 Å². The third-order valence-corrected chi connectivity index (χ3v) is 5.03. The van der Waals surface area contributed by atoms with E-state index < -0.39 is 5.97 Å². The Balaban J connectivity index is 2.06. The van der Waals surface area contributed by atoms with Crippen LogP contribution >= 0.6 is 11.3 Å². The van der Waals surface area contributed by atoms with Crippen molar-refractivity contribution >= 4 is 17.3 Å². The van der Waals surface area contributed by atoms with Gasteiger partial charge in [-0.1, -0.05) is 32.0 Å². The van der Waals surface area contributed by atoms with Crippen molar-refractivity contribution in [2.45, 2.75) is 26.9 Å². The molecule has 0 unspecified atom stereocenters. The smallest absolute Gasteiger partial charge is 0.335 e. The second kappa shape index (κ2) is 9.57. The molecule has 1 heterocycles. The molecule has 1 aromatic carbocycles. The average Bonchev–Trinajstić information content (AvgIpc) is 3.09. The molecule has 0 radical (unpaired) electrons. The summed E-state index contributed by atoms with van der Waals surface area (Å²) in [5.74, 6) is -0.871. The number of carboxylic acid groups (broad SMARTS) is 1. The van der Waals surface area contributed by atoms with Crippen LogP contribution in [0.25, 0.3) is 0 Å². The molecule has 0 saturated carbocycles. The Bertz CT molecular complexity index is 624. The van der Waals surface area contributed by atoms with E-state index in [0.717, 1.165) is 44.8 Å². The van der Waals surface area contributed by atoms with Crippen LogP contribution in [-0.2, 0) is 13.1 Å². The van der Waals surface area contributed by atoms with Crippen LogP contribution in [0.4, 0.5) is 0 Å². The van der Waals surface area contributed by atoms with Crippen LogP contribution in [0.1, 0.15) is 34.6 Å². The van der Waals surface area contributed by atoms with Crippen molar-refractivity contribution in [2.24, 2.45) is 0 Å². The Morgan fingerprint density at radius 2 is 1.79 bits per heavy atom. The maximum Gasteiger partial charge on any atom is 0.335 e. The van der Waals surface area contributed by atoms with Gasteiger partial charge in [-0.05, 0) is 42.2 Å². The number of thiophene rings is 1. The van der Waals surface area contributed by atoms with E-state index in [0.29, 0.717) is 5.56 Å². The van der Waals surface area contributed by atoms with Crippen LogP contribution in [0.2, 0.25) is 0 Å². The number of likely N-dealkylation sites (N-methyl/N-ethyl adjacent to an activating group) is 1. The van der Waals surface area contributed by atoms with Crippen LogP contribution in [0.3, 0.4) is 0 Å². The molecule has 1 N–H and O–H groups in total. The Morgan fingerprint density at radius 3 is 2.42 bits per heavy atom. The second-order valence-electron chi connectivity index (χ2n) is 5.82. The second-order valence-corrected chi connectivity index (χ2v) is 6.85. The van der Waals surface area contributed by atoms with Gasteiger partial charge in [0, 0.05) is 31.1 Å². The minimum Gasteiger partial charge on any atom is -0.478 e. The lowest BCUT2D eigenvalue weighted by Gasteiger charge is -2.26. The van der Waals surface area contributed by atoms with Crippen LogP contribution < -0.4 is 0 Å². The zero-order valence-electron chi connectivity index (χ0n) is 14.4. The fourth-order valence-corrected chi connectivity index (χ4v) is 3.47. The van der Waals surface area contributed by atoms with E-state index in [1.807, 2.05) is 12.1 Å². The normalized spacial score (nSPS) is 11.3. The molecule has 0 bridgehead atoms. The highest BCUT2D eigenvalue weighted by Crippen LogP contribution is 2.15. The first kappa shape index (κ1) is 18.6. The highest BCUT2D eigenvalue weighted by Gasteiger charge is 2.11. The molecule has 0 saturated heterocycles. The molecule has 24 heavy (non-hydrogen) atoms. The maximum atomic E-state index is 11.2. The zero-order chi connectivity index (χ0) is 17.4. The molecule has 4 nitrogen and oxygen atoms in total. The summed E-state index contributed by atoms with van der Waals surface area (Å²) in [7, 11) is 0. The number of benzene rings is 1. The van der Waals surface area contributed by atoms with Gasteiger partial charge in [0.1, 0.15) is 0 Å². The number of nitrogens with zero attached hydrogens (tertiary/aromatic N) is 2. The summed E-state index contributed by atoms with van der Waals surface area (Å²) in [6.07, 6.45) is 0. The van der Waals surface area contributed by atoms with Gasteiger partial charge in [0.25, 0.3) is 0 Å². The summed E-state index contributed by atoms with van der Waals surface area (Å²) < 4.78 is 0. The molecule has 0 atom stereocenters. The van der Waals surface area contributed by atoms with Crippen LogP contribution in [0, 0.1) is 0 Å². The van der Waals surface area contributed by atoms with Crippen LogP contribution in [0.5, 0.6) is 0 Å². The van der Waals surface area contributed by atoms with Crippen molar-refractivity contribution in [3.8, 4) is 0 Å². The van der Waals surface area contributed by atoms with Gasteiger partial charge >= 0.3 is 5.97 Å². The topological polar surface area (TPSA) is 43.8 Å². The summed E-state index contributed by atoms with van der Waals surface area (Å²) >= 11 is 1.77. The number of aromatic carboxylic acids is 1. The molecule has 2 aromatic rings. The van der Waals surface area contributed by atoms with Crippen LogP contribution in [0.15, 0.2) is 41.8 Å². The predicted molar refractivity (Wildman–Crippen MR) is 99.6 cm³/mol. The Hall–Kier alpha value is -1.69. The number of hydrogen-bond donors (Lipinski definition) is 1. The predicted octanol–water partition coefficient (Wildman–Crippen LogP) is 3.79. The number of carboxylic acids is 1. The fraction of sp³-hybridized carbons (Fsp3) is 0.421. The van der Waals surface area contributed by atoms with E-state index in [2.05, 4.69) is 41.2 Å². The standard InChI is InChI=1S/C19H26N2O2S/c1-3-20(4-2)10-11-21(15-18-9-6-12-24-18)14-16-7-5-8-17(13-16)19(22)23/h5-9,12-13H,3-4,10-11,14-15H2,1-2H3,(H,22,23). The Labute approximate surface area is 148 Å². The highest BCUT2D eigenvalue weighted by atomic mass is 32.1. The first-order chi connectivity index (χ1) is 11.6. The van der Waals surface area contributed by atoms with E-state index in [1.54, 1.807) is 23.5 Å². The van der Waals surface area contributed by atoms with Gasteiger partial charge in [0.2, 0.25) is 0 Å². The van der Waals surface area contributed by atoms with Gasteiger partial charge in [0.05, 0.1) is 5.56 Å². The quantitative estimate of drug-likeness (QED) is 0.711. The van der Waals surface area contributed by atoms with Crippen LogP contribution in [-0.4, -0.2) is 47.1 Å². The molecule has 0 amide bonds. The van der Waals surface area contributed by atoms with Crippen molar-refractivity contribution < 1.29 is 9.90 Å². The average molecular weight is 346 g/mol. The summed E-state index contributed by atoms with van der Waals surface area (Å²) in [6, 6.07) is 11.5. The number of hydrogen-bond acceptors (Lipinski definition) is 4. The molecule has 5 heteroatoms. The van der Waals surface area contributed by atoms with E-state index >= 15 is 0 Å². The molecule has 0 aliphatic rings. The molecule has 0 aliphatic heterocycles. The van der Waals surface area contributed by atoms with E-state index in [9.17, 15) is 9.90 Å². The maximum absolute atomic E-state index is 11.2. The van der Waals surface area contributed by atoms with Gasteiger partial charge < -0.3 is 10.0 Å². The largest absolute Gasteiger partial charge is 0.478 e. The summed E-state index contributed by atoms with van der Waals surface area (Å²) in [4.78, 5) is 17.3. The van der Waals surface area contributed by atoms with Crippen molar-refractivity contribution in [2.75, 3.05) is 26.2 Å². The lowest BCUT2D eigenvalue weighted by Crippen LogP contribution is -2.34. The van der Waals surface area contributed by atoms with Gasteiger partial charge in [0.15, 0.2) is 0 Å². The van der Waals surface area contributed by atoms with Gasteiger partial charge in [-0.2, -0.15) is 0 Å². The summed E-state index contributed by atoms with van der Waals surface area (Å²) in [5, 5.41) is 11.3. The van der Waals surface area contributed by atoms with E-state index in [-0.39, 0.29) is 0 Å². The molecule has 130 valence electrons. The summed E-state index contributed by atoms with van der Waals surface area (Å²) in [5.41, 5.74) is 1.40. The van der Waals surface area contributed by atoms with E-state index in [4.69, 9.17) is 0 Å².